The molecule has 1 aliphatic heterocycles. The molecule has 21 heavy (non-hydrogen) atoms. The Hall–Kier alpha value is -1.01. The lowest BCUT2D eigenvalue weighted by Gasteiger charge is -2.34. The maximum Gasteiger partial charge on any atom is 0.321 e. The van der Waals surface area contributed by atoms with E-state index in [9.17, 15) is 9.00 Å². The molecule has 0 aromatic heterocycles. The number of nitrogens with zero attached hydrogens (tertiary/aromatic N) is 1. The third-order valence-electron chi connectivity index (χ3n) is 3.54. The van der Waals surface area contributed by atoms with E-state index in [0.717, 1.165) is 23.7 Å². The first kappa shape index (κ1) is 16.4. The Labute approximate surface area is 133 Å². The van der Waals surface area contributed by atoms with E-state index < -0.39 is 10.8 Å². The van der Waals surface area contributed by atoms with Crippen molar-refractivity contribution in [2.45, 2.75) is 24.0 Å². The smallest absolute Gasteiger partial charge is 0.321 e. The van der Waals surface area contributed by atoms with Gasteiger partial charge in [-0.1, -0.05) is 19.9 Å². The number of nitrogens with one attached hydrogen (secondary N) is 1. The molecule has 2 rings (SSSR count). The van der Waals surface area contributed by atoms with E-state index in [4.69, 9.17) is 0 Å². The van der Waals surface area contributed by atoms with Gasteiger partial charge in [0.2, 0.25) is 0 Å². The molecule has 2 amide bonds. The Kier molecular flexibility index (Phi) is 5.70. The van der Waals surface area contributed by atoms with Gasteiger partial charge in [0.1, 0.15) is 0 Å². The molecule has 0 bridgehead atoms. The second-order valence-corrected chi connectivity index (χ2v) is 8.24. The summed E-state index contributed by atoms with van der Waals surface area (Å²) in [7, 11) is -1.04. The minimum Gasteiger partial charge on any atom is -0.323 e. The SMILES string of the molecule is CC(C)[C@H]1CN(C(=O)Nc2cccc([S@@](C)=O)c2)CCS1. The number of benzene rings is 1. The van der Waals surface area contributed by atoms with Crippen LogP contribution >= 0.6 is 11.8 Å². The van der Waals surface area contributed by atoms with Crippen LogP contribution in [0.5, 0.6) is 0 Å². The lowest BCUT2D eigenvalue weighted by molar-refractivity contribution is 0.211. The second-order valence-electron chi connectivity index (χ2n) is 5.51. The summed E-state index contributed by atoms with van der Waals surface area (Å²) < 4.78 is 11.5. The average molecular weight is 326 g/mol. The topological polar surface area (TPSA) is 49.4 Å². The fraction of sp³-hybridized carbons (Fsp3) is 0.533. The highest BCUT2D eigenvalue weighted by atomic mass is 32.2. The monoisotopic (exact) mass is 326 g/mol. The second kappa shape index (κ2) is 7.31. The molecule has 6 heteroatoms. The maximum absolute atomic E-state index is 12.3. The minimum absolute atomic E-state index is 0.0695. The third kappa shape index (κ3) is 4.48. The van der Waals surface area contributed by atoms with Crippen LogP contribution in [0.3, 0.4) is 0 Å². The first-order chi connectivity index (χ1) is 9.97. The van der Waals surface area contributed by atoms with Crippen molar-refractivity contribution in [3.63, 3.8) is 0 Å². The third-order valence-corrected chi connectivity index (χ3v) is 6.00. The van der Waals surface area contributed by atoms with Crippen molar-refractivity contribution < 1.29 is 9.00 Å². The van der Waals surface area contributed by atoms with Gasteiger partial charge in [0, 0.05) is 51.7 Å². The van der Waals surface area contributed by atoms with Gasteiger partial charge in [-0.05, 0) is 24.1 Å². The summed E-state index contributed by atoms with van der Waals surface area (Å²) in [6.45, 7) is 5.95. The molecule has 1 fully saturated rings. The molecule has 0 aliphatic carbocycles. The van der Waals surface area contributed by atoms with Crippen molar-refractivity contribution in [1.82, 2.24) is 4.90 Å². The number of carbonyl (C=O) groups is 1. The largest absolute Gasteiger partial charge is 0.323 e. The van der Waals surface area contributed by atoms with Crippen LogP contribution in [0.15, 0.2) is 29.2 Å². The number of urea groups is 1. The van der Waals surface area contributed by atoms with Crippen molar-refractivity contribution in [3.05, 3.63) is 24.3 Å². The lowest BCUT2D eigenvalue weighted by Crippen LogP contribution is -2.45. The zero-order chi connectivity index (χ0) is 15.4. The van der Waals surface area contributed by atoms with Gasteiger partial charge in [-0.2, -0.15) is 11.8 Å². The fourth-order valence-electron chi connectivity index (χ4n) is 2.22. The number of hydrogen-bond donors (Lipinski definition) is 1. The Bertz CT molecular complexity index is 534. The molecule has 1 aromatic rings. The first-order valence-electron chi connectivity index (χ1n) is 7.08. The molecule has 1 aliphatic rings. The van der Waals surface area contributed by atoms with Crippen molar-refractivity contribution in [2.75, 3.05) is 30.4 Å². The summed E-state index contributed by atoms with van der Waals surface area (Å²) >= 11 is 1.94. The molecule has 0 saturated carbocycles. The van der Waals surface area contributed by atoms with Crippen molar-refractivity contribution in [1.29, 1.82) is 0 Å². The highest BCUT2D eigenvalue weighted by molar-refractivity contribution is 8.00. The molecule has 1 aromatic carbocycles. The van der Waals surface area contributed by atoms with Gasteiger partial charge in [0.25, 0.3) is 0 Å². The summed E-state index contributed by atoms with van der Waals surface area (Å²) in [4.78, 5) is 14.9. The number of rotatable bonds is 3. The summed E-state index contributed by atoms with van der Waals surface area (Å²) in [6.07, 6.45) is 1.63. The number of carbonyl (C=O) groups excluding carboxylic acids is 1. The quantitative estimate of drug-likeness (QED) is 0.929. The van der Waals surface area contributed by atoms with Crippen LogP contribution in [0.2, 0.25) is 0 Å². The van der Waals surface area contributed by atoms with Crippen LogP contribution in [0.1, 0.15) is 13.8 Å². The lowest BCUT2D eigenvalue weighted by atomic mass is 10.1. The predicted molar refractivity (Wildman–Crippen MR) is 90.5 cm³/mol. The average Bonchev–Trinajstić information content (AvgIpc) is 2.47. The molecule has 1 N–H and O–H groups in total. The molecule has 4 nitrogen and oxygen atoms in total. The first-order valence-corrected chi connectivity index (χ1v) is 9.69. The minimum atomic E-state index is -1.04. The summed E-state index contributed by atoms with van der Waals surface area (Å²) in [5.74, 6) is 1.55. The van der Waals surface area contributed by atoms with E-state index in [0.29, 0.717) is 16.9 Å². The summed E-state index contributed by atoms with van der Waals surface area (Å²) in [5, 5.41) is 3.41. The van der Waals surface area contributed by atoms with E-state index in [1.807, 2.05) is 28.8 Å². The van der Waals surface area contributed by atoms with E-state index in [1.165, 1.54) is 0 Å². The van der Waals surface area contributed by atoms with E-state index in [1.54, 1.807) is 18.4 Å². The van der Waals surface area contributed by atoms with Crippen LogP contribution in [0.25, 0.3) is 0 Å². The standard InChI is InChI=1S/C15H22N2O2S2/c1-11(2)14-10-17(7-8-20-14)15(18)16-12-5-4-6-13(9-12)21(3)19/h4-6,9,11,14H,7-8,10H2,1-3H3,(H,16,18)/t14-,21-/m1/s1. The van der Waals surface area contributed by atoms with Crippen molar-refractivity contribution >= 4 is 34.3 Å². The maximum atomic E-state index is 12.3. The van der Waals surface area contributed by atoms with E-state index >= 15 is 0 Å². The Balaban J connectivity index is 2.01. The van der Waals surface area contributed by atoms with Gasteiger partial charge in [-0.3, -0.25) is 4.21 Å². The number of anilines is 1. The fourth-order valence-corrected chi connectivity index (χ4v) is 4.08. The molecule has 1 saturated heterocycles. The van der Waals surface area contributed by atoms with Crippen LogP contribution in [-0.2, 0) is 10.8 Å². The molecule has 1 heterocycles. The van der Waals surface area contributed by atoms with E-state index in [-0.39, 0.29) is 6.03 Å². The van der Waals surface area contributed by atoms with Crippen LogP contribution in [0, 0.1) is 5.92 Å². The molecular formula is C15H22N2O2S2. The zero-order valence-electron chi connectivity index (χ0n) is 12.7. The number of hydrogen-bond acceptors (Lipinski definition) is 3. The molecule has 0 radical (unpaired) electrons. The van der Waals surface area contributed by atoms with Crippen LogP contribution in [0.4, 0.5) is 10.5 Å². The van der Waals surface area contributed by atoms with E-state index in [2.05, 4.69) is 19.2 Å². The highest BCUT2D eigenvalue weighted by Crippen LogP contribution is 2.25. The summed E-state index contributed by atoms with van der Waals surface area (Å²) in [6, 6.07) is 7.15. The molecule has 0 unspecified atom stereocenters. The highest BCUT2D eigenvalue weighted by Gasteiger charge is 2.26. The van der Waals surface area contributed by atoms with Gasteiger partial charge >= 0.3 is 6.03 Å². The van der Waals surface area contributed by atoms with Crippen molar-refractivity contribution in [2.24, 2.45) is 5.92 Å². The van der Waals surface area contributed by atoms with Gasteiger partial charge in [-0.25, -0.2) is 4.79 Å². The van der Waals surface area contributed by atoms with Crippen LogP contribution in [-0.4, -0.2) is 45.5 Å². The molecule has 2 atom stereocenters. The zero-order valence-corrected chi connectivity index (χ0v) is 14.3. The summed E-state index contributed by atoms with van der Waals surface area (Å²) in [5.41, 5.74) is 0.701. The molecule has 116 valence electrons. The molecular weight excluding hydrogens is 304 g/mol. The Morgan fingerprint density at radius 3 is 2.90 bits per heavy atom. The molecule has 0 spiro atoms. The predicted octanol–water partition coefficient (Wildman–Crippen LogP) is 3.03. The van der Waals surface area contributed by atoms with Crippen molar-refractivity contribution in [3.8, 4) is 0 Å². The van der Waals surface area contributed by atoms with Gasteiger partial charge < -0.3 is 10.2 Å². The van der Waals surface area contributed by atoms with Gasteiger partial charge in [0.15, 0.2) is 0 Å². The van der Waals surface area contributed by atoms with Gasteiger partial charge in [-0.15, -0.1) is 0 Å². The Morgan fingerprint density at radius 1 is 1.48 bits per heavy atom. The van der Waals surface area contributed by atoms with Gasteiger partial charge in [0.05, 0.1) is 0 Å². The van der Waals surface area contributed by atoms with Crippen LogP contribution < -0.4 is 5.32 Å². The Morgan fingerprint density at radius 2 is 2.24 bits per heavy atom. The number of thioether (sulfide) groups is 1. The number of amides is 2. The normalized spacial score (nSPS) is 20.4.